The van der Waals surface area contributed by atoms with Gasteiger partial charge < -0.3 is 5.32 Å². The second-order valence-electron chi connectivity index (χ2n) is 5.60. The highest BCUT2D eigenvalue weighted by Crippen LogP contribution is 2.17. The van der Waals surface area contributed by atoms with Gasteiger partial charge in [-0.15, -0.1) is 0 Å². The van der Waals surface area contributed by atoms with Crippen molar-refractivity contribution < 1.29 is 0 Å². The van der Waals surface area contributed by atoms with E-state index in [9.17, 15) is 0 Å². The summed E-state index contributed by atoms with van der Waals surface area (Å²) in [6.07, 6.45) is 1.26. The Labute approximate surface area is 115 Å². The zero-order valence-corrected chi connectivity index (χ0v) is 12.1. The fourth-order valence-corrected chi connectivity index (χ4v) is 2.71. The van der Waals surface area contributed by atoms with Gasteiger partial charge in [-0.1, -0.05) is 37.6 Å². The number of hydrogen-bond acceptors (Lipinski definition) is 2. The van der Waals surface area contributed by atoms with E-state index in [0.717, 1.165) is 31.2 Å². The van der Waals surface area contributed by atoms with Crippen LogP contribution in [0, 0.1) is 5.92 Å². The number of benzene rings is 1. The van der Waals surface area contributed by atoms with E-state index in [0.29, 0.717) is 12.0 Å². The first-order valence-corrected chi connectivity index (χ1v) is 7.22. The van der Waals surface area contributed by atoms with Crippen molar-refractivity contribution in [3.05, 3.63) is 34.9 Å². The Hall–Kier alpha value is -0.570. The Balaban J connectivity index is 2.01. The third kappa shape index (κ3) is 3.98. The molecule has 1 aromatic rings. The SMILES string of the molecule is CC(C)CN(Cc1ccc(Cl)cc1)C1CCNC1. The van der Waals surface area contributed by atoms with Gasteiger partial charge in [0.2, 0.25) is 0 Å². The van der Waals surface area contributed by atoms with Gasteiger partial charge in [0.15, 0.2) is 0 Å². The van der Waals surface area contributed by atoms with Crippen LogP contribution in [-0.4, -0.2) is 30.6 Å². The Bertz CT molecular complexity index is 355. The topological polar surface area (TPSA) is 15.3 Å². The van der Waals surface area contributed by atoms with Crippen LogP contribution in [0.2, 0.25) is 5.02 Å². The molecule has 0 aliphatic carbocycles. The molecule has 3 heteroatoms. The second-order valence-corrected chi connectivity index (χ2v) is 6.03. The zero-order valence-electron chi connectivity index (χ0n) is 11.3. The lowest BCUT2D eigenvalue weighted by Gasteiger charge is -2.30. The highest BCUT2D eigenvalue weighted by Gasteiger charge is 2.22. The summed E-state index contributed by atoms with van der Waals surface area (Å²) in [4.78, 5) is 2.61. The monoisotopic (exact) mass is 266 g/mol. The summed E-state index contributed by atoms with van der Waals surface area (Å²) in [6, 6.07) is 8.92. The van der Waals surface area contributed by atoms with E-state index in [2.05, 4.69) is 36.2 Å². The van der Waals surface area contributed by atoms with Crippen molar-refractivity contribution in [3.63, 3.8) is 0 Å². The van der Waals surface area contributed by atoms with E-state index >= 15 is 0 Å². The fourth-order valence-electron chi connectivity index (χ4n) is 2.59. The maximum atomic E-state index is 5.94. The number of hydrogen-bond donors (Lipinski definition) is 1. The molecule has 2 rings (SSSR count). The highest BCUT2D eigenvalue weighted by atomic mass is 35.5. The molecule has 0 spiro atoms. The van der Waals surface area contributed by atoms with Gasteiger partial charge in [0.25, 0.3) is 0 Å². The van der Waals surface area contributed by atoms with E-state index in [4.69, 9.17) is 11.6 Å². The minimum atomic E-state index is 0.683. The molecule has 0 saturated carbocycles. The average molecular weight is 267 g/mol. The minimum absolute atomic E-state index is 0.683. The normalized spacial score (nSPS) is 19.9. The third-order valence-corrected chi connectivity index (χ3v) is 3.70. The lowest BCUT2D eigenvalue weighted by atomic mass is 10.1. The smallest absolute Gasteiger partial charge is 0.0406 e. The quantitative estimate of drug-likeness (QED) is 0.881. The molecule has 0 amide bonds. The second kappa shape index (κ2) is 6.55. The van der Waals surface area contributed by atoms with E-state index < -0.39 is 0 Å². The van der Waals surface area contributed by atoms with Gasteiger partial charge in [-0.2, -0.15) is 0 Å². The Morgan fingerprint density at radius 2 is 2.06 bits per heavy atom. The summed E-state index contributed by atoms with van der Waals surface area (Å²) in [5.41, 5.74) is 1.35. The van der Waals surface area contributed by atoms with Gasteiger partial charge in [0, 0.05) is 30.7 Å². The van der Waals surface area contributed by atoms with Crippen molar-refractivity contribution >= 4 is 11.6 Å². The lowest BCUT2D eigenvalue weighted by molar-refractivity contribution is 0.177. The van der Waals surface area contributed by atoms with Crippen LogP contribution in [0.15, 0.2) is 24.3 Å². The molecule has 18 heavy (non-hydrogen) atoms. The van der Waals surface area contributed by atoms with Gasteiger partial charge in [-0.25, -0.2) is 0 Å². The molecule has 100 valence electrons. The minimum Gasteiger partial charge on any atom is -0.315 e. The Morgan fingerprint density at radius 1 is 1.33 bits per heavy atom. The highest BCUT2D eigenvalue weighted by molar-refractivity contribution is 6.30. The standard InChI is InChI=1S/C15H23ClN2/c1-12(2)10-18(15-7-8-17-9-15)11-13-3-5-14(16)6-4-13/h3-6,12,15,17H,7-11H2,1-2H3. The van der Waals surface area contributed by atoms with Crippen LogP contribution in [0.3, 0.4) is 0 Å². The molecule has 1 unspecified atom stereocenters. The number of halogens is 1. The molecule has 1 fully saturated rings. The third-order valence-electron chi connectivity index (χ3n) is 3.45. The summed E-state index contributed by atoms with van der Waals surface area (Å²) in [7, 11) is 0. The first kappa shape index (κ1) is 13.9. The van der Waals surface area contributed by atoms with Gasteiger partial charge in [0.1, 0.15) is 0 Å². The molecule has 2 nitrogen and oxygen atoms in total. The number of rotatable bonds is 5. The van der Waals surface area contributed by atoms with Crippen molar-refractivity contribution in [1.29, 1.82) is 0 Å². The Kier molecular flexibility index (Phi) is 5.04. The zero-order chi connectivity index (χ0) is 13.0. The molecule has 0 aromatic heterocycles. The predicted molar refractivity (Wildman–Crippen MR) is 78.0 cm³/mol. The predicted octanol–water partition coefficient (Wildman–Crippen LogP) is 3.16. The van der Waals surface area contributed by atoms with Crippen LogP contribution in [0.4, 0.5) is 0 Å². The van der Waals surface area contributed by atoms with Gasteiger partial charge >= 0.3 is 0 Å². The molecule has 1 heterocycles. The summed E-state index contributed by atoms with van der Waals surface area (Å²) >= 11 is 5.94. The van der Waals surface area contributed by atoms with Crippen LogP contribution in [-0.2, 0) is 6.54 Å². The molecule has 0 bridgehead atoms. The van der Waals surface area contributed by atoms with Gasteiger partial charge in [0.05, 0.1) is 0 Å². The molecular weight excluding hydrogens is 244 g/mol. The van der Waals surface area contributed by atoms with Crippen molar-refractivity contribution in [3.8, 4) is 0 Å². The van der Waals surface area contributed by atoms with E-state index in [1.54, 1.807) is 0 Å². The van der Waals surface area contributed by atoms with Gasteiger partial charge in [-0.05, 0) is 36.6 Å². The summed E-state index contributed by atoms with van der Waals surface area (Å²) in [5, 5.41) is 4.27. The van der Waals surface area contributed by atoms with Crippen molar-refractivity contribution in [2.75, 3.05) is 19.6 Å². The van der Waals surface area contributed by atoms with Crippen molar-refractivity contribution in [2.45, 2.75) is 32.9 Å². The molecule has 1 atom stereocenters. The van der Waals surface area contributed by atoms with Crippen LogP contribution in [0.5, 0.6) is 0 Å². The van der Waals surface area contributed by atoms with Crippen LogP contribution in [0.1, 0.15) is 25.8 Å². The summed E-state index contributed by atoms with van der Waals surface area (Å²) < 4.78 is 0. The van der Waals surface area contributed by atoms with E-state index in [-0.39, 0.29) is 0 Å². The number of nitrogens with one attached hydrogen (secondary N) is 1. The van der Waals surface area contributed by atoms with Crippen LogP contribution < -0.4 is 5.32 Å². The largest absolute Gasteiger partial charge is 0.315 e. The molecule has 1 aliphatic rings. The molecule has 1 aromatic carbocycles. The number of nitrogens with zero attached hydrogens (tertiary/aromatic N) is 1. The summed E-state index contributed by atoms with van der Waals surface area (Å²) in [6.45, 7) is 9.05. The molecule has 1 aliphatic heterocycles. The molecular formula is C15H23ClN2. The van der Waals surface area contributed by atoms with Gasteiger partial charge in [-0.3, -0.25) is 4.90 Å². The fraction of sp³-hybridized carbons (Fsp3) is 0.600. The first-order valence-electron chi connectivity index (χ1n) is 6.84. The maximum Gasteiger partial charge on any atom is 0.0406 e. The molecule has 0 radical (unpaired) electrons. The van der Waals surface area contributed by atoms with Crippen molar-refractivity contribution in [1.82, 2.24) is 10.2 Å². The van der Waals surface area contributed by atoms with Crippen LogP contribution in [0.25, 0.3) is 0 Å². The molecule has 1 saturated heterocycles. The average Bonchev–Trinajstić information content (AvgIpc) is 2.84. The van der Waals surface area contributed by atoms with E-state index in [1.165, 1.54) is 12.0 Å². The summed E-state index contributed by atoms with van der Waals surface area (Å²) in [5.74, 6) is 0.706. The Morgan fingerprint density at radius 3 is 2.61 bits per heavy atom. The first-order chi connectivity index (χ1) is 8.65. The van der Waals surface area contributed by atoms with E-state index in [1.807, 2.05) is 12.1 Å². The van der Waals surface area contributed by atoms with Crippen LogP contribution >= 0.6 is 11.6 Å². The lowest BCUT2D eigenvalue weighted by Crippen LogP contribution is -2.38. The van der Waals surface area contributed by atoms with Crippen molar-refractivity contribution in [2.24, 2.45) is 5.92 Å². The maximum absolute atomic E-state index is 5.94. The molecule has 1 N–H and O–H groups in total.